The summed E-state index contributed by atoms with van der Waals surface area (Å²) in [4.78, 5) is 13.2. The van der Waals surface area contributed by atoms with Crippen LogP contribution in [0.2, 0.25) is 0 Å². The van der Waals surface area contributed by atoms with Gasteiger partial charge in [0.25, 0.3) is 0 Å². The number of rotatable bonds is 5. The molecule has 0 saturated carbocycles. The lowest BCUT2D eigenvalue weighted by Gasteiger charge is -2.17. The number of aliphatic hydroxyl groups is 1. The summed E-state index contributed by atoms with van der Waals surface area (Å²) in [5, 5.41) is 9.94. The van der Waals surface area contributed by atoms with E-state index in [1.165, 1.54) is 62.5 Å². The summed E-state index contributed by atoms with van der Waals surface area (Å²) in [7, 11) is -3.83. The molecule has 6 nitrogen and oxygen atoms in total. The third-order valence-corrected chi connectivity index (χ3v) is 6.66. The minimum atomic E-state index is -3.83. The van der Waals surface area contributed by atoms with Crippen molar-refractivity contribution in [2.24, 2.45) is 0 Å². The highest BCUT2D eigenvalue weighted by molar-refractivity contribution is 7.91. The molecule has 0 aliphatic heterocycles. The molecule has 2 aromatic carbocycles. The Labute approximate surface area is 183 Å². The number of aromatic nitrogens is 3. The van der Waals surface area contributed by atoms with Gasteiger partial charge in [-0.2, -0.15) is 0 Å². The molecule has 1 N–H and O–H groups in total. The van der Waals surface area contributed by atoms with Crippen molar-refractivity contribution >= 4 is 21.0 Å². The van der Waals surface area contributed by atoms with Crippen molar-refractivity contribution in [2.75, 3.05) is 5.75 Å². The molecule has 0 aliphatic carbocycles. The van der Waals surface area contributed by atoms with Gasteiger partial charge in [0.1, 0.15) is 17.2 Å². The topological polar surface area (TPSA) is 93.0 Å². The van der Waals surface area contributed by atoms with Crippen LogP contribution in [0.1, 0.15) is 13.8 Å². The van der Waals surface area contributed by atoms with E-state index in [1.807, 2.05) is 0 Å². The van der Waals surface area contributed by atoms with Crippen LogP contribution in [0.3, 0.4) is 0 Å². The van der Waals surface area contributed by atoms with E-state index in [4.69, 9.17) is 0 Å². The first-order valence-corrected chi connectivity index (χ1v) is 11.3. The van der Waals surface area contributed by atoms with Crippen molar-refractivity contribution in [3.63, 3.8) is 0 Å². The Morgan fingerprint density at radius 1 is 0.875 bits per heavy atom. The number of pyridine rings is 1. The number of sulfone groups is 1. The maximum Gasteiger partial charge on any atom is 0.182 e. The molecule has 0 radical (unpaired) electrons. The normalized spacial score (nSPS) is 12.3. The van der Waals surface area contributed by atoms with E-state index in [-0.39, 0.29) is 16.1 Å². The molecule has 0 spiro atoms. The van der Waals surface area contributed by atoms with Crippen molar-refractivity contribution in [3.05, 3.63) is 72.4 Å². The molecule has 4 rings (SSSR count). The van der Waals surface area contributed by atoms with Crippen LogP contribution in [0.5, 0.6) is 0 Å². The molecule has 32 heavy (non-hydrogen) atoms. The summed E-state index contributed by atoms with van der Waals surface area (Å²) in [6, 6.07) is 12.6. The summed E-state index contributed by atoms with van der Waals surface area (Å²) >= 11 is 0. The molecule has 0 unspecified atom stereocenters. The zero-order valence-electron chi connectivity index (χ0n) is 17.3. The summed E-state index contributed by atoms with van der Waals surface area (Å²) in [6.07, 6.45) is 1.17. The number of hydrogen-bond donors (Lipinski definition) is 1. The predicted octanol–water partition coefficient (Wildman–Crippen LogP) is 4.18. The minimum absolute atomic E-state index is 0.0963. The number of hydrogen-bond acceptors (Lipinski definition) is 6. The van der Waals surface area contributed by atoms with Crippen molar-refractivity contribution in [1.82, 2.24) is 15.0 Å². The summed E-state index contributed by atoms with van der Waals surface area (Å²) < 4.78 is 52.3. The Morgan fingerprint density at radius 3 is 1.88 bits per heavy atom. The van der Waals surface area contributed by atoms with E-state index in [0.717, 1.165) is 0 Å². The van der Waals surface area contributed by atoms with Gasteiger partial charge in [-0.15, -0.1) is 0 Å². The van der Waals surface area contributed by atoms with Gasteiger partial charge in [0.05, 0.1) is 27.6 Å². The lowest BCUT2D eigenvalue weighted by Crippen LogP contribution is -2.30. The fourth-order valence-corrected chi connectivity index (χ4v) is 4.87. The lowest BCUT2D eigenvalue weighted by molar-refractivity contribution is 0.105. The third-order valence-electron chi connectivity index (χ3n) is 4.63. The first-order valence-electron chi connectivity index (χ1n) is 9.67. The largest absolute Gasteiger partial charge is 0.389 e. The van der Waals surface area contributed by atoms with Gasteiger partial charge >= 0.3 is 0 Å². The summed E-state index contributed by atoms with van der Waals surface area (Å²) in [5.41, 5.74) is 0.854. The van der Waals surface area contributed by atoms with E-state index < -0.39 is 32.8 Å². The van der Waals surface area contributed by atoms with E-state index >= 15 is 0 Å². The second-order valence-electron chi connectivity index (χ2n) is 8.02. The van der Waals surface area contributed by atoms with Crippen molar-refractivity contribution in [1.29, 1.82) is 0 Å². The van der Waals surface area contributed by atoms with Gasteiger partial charge in [0.2, 0.25) is 0 Å². The molecule has 9 heteroatoms. The van der Waals surface area contributed by atoms with Gasteiger partial charge in [0.15, 0.2) is 15.5 Å². The zero-order chi connectivity index (χ0) is 23.1. The molecular formula is C23H19F2N3O3S. The van der Waals surface area contributed by atoms with Crippen molar-refractivity contribution < 1.29 is 22.3 Å². The number of nitrogens with zero attached hydrogens (tertiary/aromatic N) is 3. The lowest BCUT2D eigenvalue weighted by atomic mass is 10.0. The number of fused-ring (bicyclic) bond motifs is 1. The van der Waals surface area contributed by atoms with Crippen LogP contribution in [0.4, 0.5) is 8.78 Å². The van der Waals surface area contributed by atoms with Crippen LogP contribution in [-0.4, -0.2) is 39.8 Å². The van der Waals surface area contributed by atoms with Crippen LogP contribution < -0.4 is 0 Å². The fraction of sp³-hybridized carbons (Fsp3) is 0.174. The van der Waals surface area contributed by atoms with Gasteiger partial charge in [-0.25, -0.2) is 32.2 Å². The Hall–Kier alpha value is -3.30. The number of benzene rings is 2. The van der Waals surface area contributed by atoms with Gasteiger partial charge in [0, 0.05) is 17.3 Å². The predicted molar refractivity (Wildman–Crippen MR) is 116 cm³/mol. The molecule has 2 heterocycles. The highest BCUT2D eigenvalue weighted by Gasteiger charge is 2.26. The van der Waals surface area contributed by atoms with Crippen molar-refractivity contribution in [3.8, 4) is 22.5 Å². The fourth-order valence-electron chi connectivity index (χ4n) is 3.26. The average molecular weight is 455 g/mol. The Balaban J connectivity index is 1.93. The molecule has 164 valence electrons. The molecule has 0 bridgehead atoms. The first-order chi connectivity index (χ1) is 15.0. The highest BCUT2D eigenvalue weighted by atomic mass is 32.2. The highest BCUT2D eigenvalue weighted by Crippen LogP contribution is 2.31. The van der Waals surface area contributed by atoms with Crippen LogP contribution >= 0.6 is 0 Å². The smallest absolute Gasteiger partial charge is 0.182 e. The second kappa shape index (κ2) is 7.99. The Kier molecular flexibility index (Phi) is 5.47. The summed E-state index contributed by atoms with van der Waals surface area (Å²) in [5.74, 6) is -1.32. The van der Waals surface area contributed by atoms with Crippen molar-refractivity contribution in [2.45, 2.75) is 24.3 Å². The Morgan fingerprint density at radius 2 is 1.38 bits per heavy atom. The molecule has 0 aliphatic rings. The van der Waals surface area contributed by atoms with Gasteiger partial charge in [-0.1, -0.05) is 0 Å². The third kappa shape index (κ3) is 4.63. The zero-order valence-corrected chi connectivity index (χ0v) is 18.1. The average Bonchev–Trinajstić information content (AvgIpc) is 2.72. The quantitative estimate of drug-likeness (QED) is 0.485. The maximum atomic E-state index is 13.5. The second-order valence-corrected chi connectivity index (χ2v) is 10.0. The van der Waals surface area contributed by atoms with Crippen LogP contribution in [0.15, 0.2) is 65.7 Å². The van der Waals surface area contributed by atoms with Gasteiger partial charge in [-0.3, -0.25) is 0 Å². The van der Waals surface area contributed by atoms with E-state index in [2.05, 4.69) is 15.0 Å². The monoisotopic (exact) mass is 455 g/mol. The molecule has 2 aromatic heterocycles. The molecule has 0 fully saturated rings. The van der Waals surface area contributed by atoms with E-state index in [1.54, 1.807) is 12.1 Å². The molecular weight excluding hydrogens is 436 g/mol. The van der Waals surface area contributed by atoms with Gasteiger partial charge in [-0.05, 0) is 68.4 Å². The van der Waals surface area contributed by atoms with Crippen LogP contribution in [0, 0.1) is 11.6 Å². The first kappa shape index (κ1) is 21.9. The Bertz CT molecular complexity index is 1400. The molecule has 0 amide bonds. The SMILES string of the molecule is CC(C)(O)CS(=O)(=O)c1cnc2nc(-c3ccc(F)cc3)c(-c3ccc(F)cc3)nc2c1. The van der Waals surface area contributed by atoms with Gasteiger partial charge < -0.3 is 5.11 Å². The number of halogens is 2. The van der Waals surface area contributed by atoms with Crippen LogP contribution in [-0.2, 0) is 9.84 Å². The van der Waals surface area contributed by atoms with E-state index in [9.17, 15) is 22.3 Å². The minimum Gasteiger partial charge on any atom is -0.389 e. The maximum absolute atomic E-state index is 13.5. The molecule has 0 atom stereocenters. The summed E-state index contributed by atoms with van der Waals surface area (Å²) in [6.45, 7) is 2.81. The standard InChI is InChI=1S/C23H19F2N3O3S/c1-23(2,29)13-32(30,31)18-11-19-22(26-12-18)28-21(15-5-9-17(25)10-6-15)20(27-19)14-3-7-16(24)8-4-14/h3-12,29H,13H2,1-2H3. The van der Waals surface area contributed by atoms with Crippen LogP contribution in [0.25, 0.3) is 33.7 Å². The molecule has 0 saturated heterocycles. The van der Waals surface area contributed by atoms with E-state index in [0.29, 0.717) is 22.5 Å². The molecule has 4 aromatic rings.